The van der Waals surface area contributed by atoms with Gasteiger partial charge in [0.25, 0.3) is 10.0 Å². The molecule has 4 rings (SSSR count). The second-order valence-electron chi connectivity index (χ2n) is 6.85. The summed E-state index contributed by atoms with van der Waals surface area (Å²) < 4.78 is 52.4. The van der Waals surface area contributed by atoms with E-state index in [0.717, 1.165) is 11.8 Å². The molecule has 0 fully saturated rings. The number of sulfonamides is 1. The van der Waals surface area contributed by atoms with Gasteiger partial charge in [-0.2, -0.15) is 10.4 Å². The Labute approximate surface area is 179 Å². The van der Waals surface area contributed by atoms with Gasteiger partial charge in [-0.05, 0) is 42.5 Å². The Morgan fingerprint density at radius 2 is 1.61 bits per heavy atom. The maximum Gasteiger partial charge on any atom is 0.263 e. The Balaban J connectivity index is 1.75. The van der Waals surface area contributed by atoms with Gasteiger partial charge in [0.1, 0.15) is 4.90 Å². The molecule has 0 aliphatic carbocycles. The lowest BCUT2D eigenvalue weighted by atomic mass is 10.1. The molecular weight excluding hydrogens is 436 g/mol. The predicted octanol–water partition coefficient (Wildman–Crippen LogP) is 3.31. The quantitative estimate of drug-likeness (QED) is 0.477. The molecule has 0 radical (unpaired) electrons. The summed E-state index contributed by atoms with van der Waals surface area (Å²) in [5, 5.41) is 16.8. The van der Waals surface area contributed by atoms with Crippen LogP contribution in [0.15, 0.2) is 76.5 Å². The maximum atomic E-state index is 12.9. The lowest BCUT2D eigenvalue weighted by Gasteiger charge is -2.11. The third kappa shape index (κ3) is 4.01. The molecule has 0 saturated heterocycles. The molecule has 1 aromatic heterocycles. The molecule has 0 amide bonds. The second-order valence-corrected chi connectivity index (χ2v) is 10.5. The molecular formula is C21H16N4O4S2. The number of nitrogens with one attached hydrogen (secondary N) is 2. The van der Waals surface area contributed by atoms with Crippen molar-refractivity contribution < 1.29 is 16.8 Å². The molecule has 0 saturated carbocycles. The molecule has 8 nitrogen and oxygen atoms in total. The topological polar surface area (TPSA) is 133 Å². The minimum absolute atomic E-state index is 0.257. The average Bonchev–Trinajstić information content (AvgIpc) is 3.16. The van der Waals surface area contributed by atoms with Gasteiger partial charge in [0.05, 0.1) is 27.7 Å². The summed E-state index contributed by atoms with van der Waals surface area (Å²) >= 11 is 0. The Kier molecular flexibility index (Phi) is 5.00. The van der Waals surface area contributed by atoms with Gasteiger partial charge in [-0.25, -0.2) is 16.8 Å². The first-order valence-corrected chi connectivity index (χ1v) is 12.4. The summed E-state index contributed by atoms with van der Waals surface area (Å²) in [6, 6.07) is 19.2. The van der Waals surface area contributed by atoms with E-state index in [4.69, 9.17) is 5.26 Å². The van der Waals surface area contributed by atoms with Gasteiger partial charge >= 0.3 is 0 Å². The average molecular weight is 453 g/mol. The minimum atomic E-state index is -4.16. The van der Waals surface area contributed by atoms with Crippen LogP contribution in [0.1, 0.15) is 5.56 Å². The van der Waals surface area contributed by atoms with Crippen molar-refractivity contribution in [3.63, 3.8) is 0 Å². The first-order chi connectivity index (χ1) is 14.7. The molecule has 0 unspecified atom stereocenters. The molecule has 0 aliphatic rings. The van der Waals surface area contributed by atoms with Gasteiger partial charge in [-0.3, -0.25) is 9.82 Å². The molecule has 0 bridgehead atoms. The van der Waals surface area contributed by atoms with Crippen LogP contribution >= 0.6 is 0 Å². The van der Waals surface area contributed by atoms with E-state index in [1.54, 1.807) is 42.5 Å². The molecule has 31 heavy (non-hydrogen) atoms. The summed E-state index contributed by atoms with van der Waals surface area (Å²) in [5.74, 6) is 0. The SMILES string of the molecule is CS(=O)(=O)c1ccccc1S(=O)(=O)Nc1ccc2[nH]nc(-c3ccc(C#N)cc3)c2c1. The third-order valence-corrected chi connectivity index (χ3v) is 7.36. The van der Waals surface area contributed by atoms with Crippen molar-refractivity contribution in [2.75, 3.05) is 11.0 Å². The Morgan fingerprint density at radius 1 is 0.935 bits per heavy atom. The molecule has 0 atom stereocenters. The van der Waals surface area contributed by atoms with E-state index >= 15 is 0 Å². The van der Waals surface area contributed by atoms with E-state index in [9.17, 15) is 16.8 Å². The summed E-state index contributed by atoms with van der Waals surface area (Å²) in [6.07, 6.45) is 0.961. The van der Waals surface area contributed by atoms with E-state index in [1.165, 1.54) is 24.3 Å². The van der Waals surface area contributed by atoms with Crippen molar-refractivity contribution in [1.29, 1.82) is 5.26 Å². The van der Waals surface area contributed by atoms with Crippen LogP contribution in [-0.4, -0.2) is 33.3 Å². The number of aromatic nitrogens is 2. The summed E-state index contributed by atoms with van der Waals surface area (Å²) in [7, 11) is -7.90. The number of anilines is 1. The summed E-state index contributed by atoms with van der Waals surface area (Å²) in [4.78, 5) is -0.595. The van der Waals surface area contributed by atoms with Crippen molar-refractivity contribution in [2.24, 2.45) is 0 Å². The number of H-pyrrole nitrogens is 1. The van der Waals surface area contributed by atoms with E-state index in [0.29, 0.717) is 22.2 Å². The van der Waals surface area contributed by atoms with Gasteiger partial charge in [0.15, 0.2) is 9.84 Å². The van der Waals surface area contributed by atoms with Gasteiger partial charge in [-0.15, -0.1) is 0 Å². The van der Waals surface area contributed by atoms with Gasteiger partial charge in [-0.1, -0.05) is 24.3 Å². The van der Waals surface area contributed by atoms with Crippen LogP contribution in [-0.2, 0) is 19.9 Å². The maximum absolute atomic E-state index is 12.9. The smallest absolute Gasteiger partial charge is 0.263 e. The monoisotopic (exact) mass is 452 g/mol. The zero-order chi connectivity index (χ0) is 22.2. The normalized spacial score (nSPS) is 11.9. The van der Waals surface area contributed by atoms with Crippen LogP contribution in [0, 0.1) is 11.3 Å². The number of hydrogen-bond acceptors (Lipinski definition) is 6. The highest BCUT2D eigenvalue weighted by Crippen LogP contribution is 2.30. The van der Waals surface area contributed by atoms with Gasteiger partial charge < -0.3 is 0 Å². The van der Waals surface area contributed by atoms with Crippen LogP contribution < -0.4 is 4.72 Å². The van der Waals surface area contributed by atoms with E-state index in [-0.39, 0.29) is 15.5 Å². The first kappa shape index (κ1) is 20.6. The fourth-order valence-corrected chi connectivity index (χ4v) is 5.87. The second kappa shape index (κ2) is 7.54. The number of aromatic amines is 1. The standard InChI is InChI=1S/C21H16N4O4S2/c1-30(26,27)19-4-2-3-5-20(19)31(28,29)25-16-10-11-18-17(12-16)21(24-23-18)15-8-6-14(13-22)7-9-15/h2-12,25H,1H3,(H,23,24). The van der Waals surface area contributed by atoms with Gasteiger partial charge in [0, 0.05) is 22.9 Å². The number of benzene rings is 3. The van der Waals surface area contributed by atoms with Crippen molar-refractivity contribution >= 4 is 36.5 Å². The Morgan fingerprint density at radius 3 is 2.26 bits per heavy atom. The zero-order valence-corrected chi connectivity index (χ0v) is 17.8. The molecule has 3 aromatic carbocycles. The van der Waals surface area contributed by atoms with Crippen LogP contribution in [0.4, 0.5) is 5.69 Å². The minimum Gasteiger partial charge on any atom is -0.280 e. The molecule has 156 valence electrons. The highest BCUT2D eigenvalue weighted by atomic mass is 32.2. The largest absolute Gasteiger partial charge is 0.280 e. The van der Waals surface area contributed by atoms with Crippen molar-refractivity contribution in [3.8, 4) is 17.3 Å². The van der Waals surface area contributed by atoms with E-state index < -0.39 is 19.9 Å². The predicted molar refractivity (Wildman–Crippen MR) is 117 cm³/mol. The molecule has 10 heteroatoms. The fraction of sp³-hybridized carbons (Fsp3) is 0.0476. The number of sulfone groups is 1. The molecule has 4 aromatic rings. The first-order valence-electron chi connectivity index (χ1n) is 8.99. The number of nitriles is 1. The van der Waals surface area contributed by atoms with Crippen LogP contribution in [0.5, 0.6) is 0 Å². The Bertz CT molecular complexity index is 1550. The van der Waals surface area contributed by atoms with Crippen molar-refractivity contribution in [3.05, 3.63) is 72.3 Å². The number of fused-ring (bicyclic) bond motifs is 1. The zero-order valence-electron chi connectivity index (χ0n) is 16.2. The molecule has 0 aliphatic heterocycles. The van der Waals surface area contributed by atoms with Gasteiger partial charge in [0.2, 0.25) is 0 Å². The number of hydrogen-bond donors (Lipinski definition) is 2. The summed E-state index contributed by atoms with van der Waals surface area (Å²) in [5.41, 5.74) is 2.82. The molecule has 0 spiro atoms. The van der Waals surface area contributed by atoms with E-state index in [1.807, 2.05) is 0 Å². The highest BCUT2D eigenvalue weighted by molar-refractivity contribution is 7.95. The molecule has 2 N–H and O–H groups in total. The summed E-state index contributed by atoms with van der Waals surface area (Å²) in [6.45, 7) is 0. The Hall–Kier alpha value is -3.68. The van der Waals surface area contributed by atoms with E-state index in [2.05, 4.69) is 21.0 Å². The third-order valence-electron chi connectivity index (χ3n) is 4.64. The lowest BCUT2D eigenvalue weighted by molar-refractivity contribution is 0.588. The fourth-order valence-electron chi connectivity index (χ4n) is 3.19. The van der Waals surface area contributed by atoms with Crippen LogP contribution in [0.25, 0.3) is 22.2 Å². The van der Waals surface area contributed by atoms with Crippen molar-refractivity contribution in [1.82, 2.24) is 10.2 Å². The number of rotatable bonds is 5. The number of nitrogens with zero attached hydrogens (tertiary/aromatic N) is 2. The lowest BCUT2D eigenvalue weighted by Crippen LogP contribution is -2.16. The molecule has 1 heterocycles. The van der Waals surface area contributed by atoms with Crippen molar-refractivity contribution in [2.45, 2.75) is 9.79 Å². The van der Waals surface area contributed by atoms with Crippen LogP contribution in [0.2, 0.25) is 0 Å². The van der Waals surface area contributed by atoms with Crippen LogP contribution in [0.3, 0.4) is 0 Å². The highest BCUT2D eigenvalue weighted by Gasteiger charge is 2.24.